The van der Waals surface area contributed by atoms with Crippen LogP contribution < -0.4 is 5.56 Å². The van der Waals surface area contributed by atoms with Gasteiger partial charge in [0.15, 0.2) is 0 Å². The second-order valence-electron chi connectivity index (χ2n) is 5.84. The zero-order chi connectivity index (χ0) is 14.0. The molecule has 1 heterocycles. The van der Waals surface area contributed by atoms with Gasteiger partial charge in [0.1, 0.15) is 5.52 Å². The van der Waals surface area contributed by atoms with E-state index in [-0.39, 0.29) is 16.9 Å². The van der Waals surface area contributed by atoms with Crippen LogP contribution in [-0.4, -0.2) is 20.7 Å². The Morgan fingerprint density at radius 3 is 2.63 bits per heavy atom. The second-order valence-corrected chi connectivity index (χ2v) is 6.20. The molecule has 1 atom stereocenters. The molecule has 0 radical (unpaired) electrons. The summed E-state index contributed by atoms with van der Waals surface area (Å²) in [5.41, 5.74) is 0.637. The van der Waals surface area contributed by atoms with Crippen molar-refractivity contribution < 1.29 is 0 Å². The summed E-state index contributed by atoms with van der Waals surface area (Å²) in [4.78, 5) is 12.3. The molecule has 4 nitrogen and oxygen atoms in total. The summed E-state index contributed by atoms with van der Waals surface area (Å²) < 4.78 is 1.45. The normalized spacial score (nSPS) is 13.7. The number of nitrogens with zero attached hydrogens (tertiary/aromatic N) is 3. The van der Waals surface area contributed by atoms with Crippen LogP contribution in [0.25, 0.3) is 10.9 Å². The van der Waals surface area contributed by atoms with E-state index in [9.17, 15) is 4.79 Å². The molecule has 1 aromatic carbocycles. The van der Waals surface area contributed by atoms with Crippen LogP contribution in [0.3, 0.4) is 0 Å². The summed E-state index contributed by atoms with van der Waals surface area (Å²) in [6.45, 7) is 6.98. The van der Waals surface area contributed by atoms with E-state index in [1.807, 2.05) is 12.1 Å². The summed E-state index contributed by atoms with van der Waals surface area (Å²) in [5, 5.41) is 8.74. The van der Waals surface area contributed by atoms with Crippen LogP contribution in [0.4, 0.5) is 0 Å². The Labute approximate surface area is 118 Å². The maximum absolute atomic E-state index is 12.3. The Kier molecular flexibility index (Phi) is 3.94. The van der Waals surface area contributed by atoms with E-state index in [2.05, 4.69) is 43.7 Å². The van der Waals surface area contributed by atoms with Gasteiger partial charge >= 0.3 is 0 Å². The molecule has 0 saturated carbocycles. The van der Waals surface area contributed by atoms with Crippen molar-refractivity contribution in [1.29, 1.82) is 0 Å². The van der Waals surface area contributed by atoms with Crippen molar-refractivity contribution in [3.05, 3.63) is 34.6 Å². The molecule has 102 valence electrons. The molecular formula is C14H19N3OS. The van der Waals surface area contributed by atoms with Gasteiger partial charge in [0.05, 0.1) is 11.9 Å². The van der Waals surface area contributed by atoms with Crippen LogP contribution in [0.2, 0.25) is 0 Å². The number of fused-ring (bicyclic) bond motifs is 1. The first kappa shape index (κ1) is 14.1. The molecule has 0 aliphatic rings. The highest BCUT2D eigenvalue weighted by Crippen LogP contribution is 2.27. The summed E-state index contributed by atoms with van der Waals surface area (Å²) in [6.07, 6.45) is 0. The van der Waals surface area contributed by atoms with Crippen LogP contribution in [0.15, 0.2) is 29.1 Å². The number of benzene rings is 1. The van der Waals surface area contributed by atoms with E-state index in [1.54, 1.807) is 12.1 Å². The standard InChI is InChI=1S/C14H19N3OS/c1-14(2,3)10(9-19)8-17-13(18)11-6-4-5-7-12(11)15-16-17/h4-7,10,19H,8-9H2,1-3H3. The lowest BCUT2D eigenvalue weighted by molar-refractivity contribution is 0.226. The lowest BCUT2D eigenvalue weighted by Crippen LogP contribution is -2.33. The van der Waals surface area contributed by atoms with Gasteiger partial charge in [-0.2, -0.15) is 12.6 Å². The van der Waals surface area contributed by atoms with Crippen molar-refractivity contribution in [2.75, 3.05) is 5.75 Å². The SMILES string of the molecule is CC(C)(C)C(CS)Cn1nnc2ccccc2c1=O. The molecule has 2 rings (SSSR count). The number of rotatable bonds is 3. The quantitative estimate of drug-likeness (QED) is 0.876. The lowest BCUT2D eigenvalue weighted by atomic mass is 9.82. The average Bonchev–Trinajstić information content (AvgIpc) is 2.37. The first-order chi connectivity index (χ1) is 8.93. The van der Waals surface area contributed by atoms with Gasteiger partial charge in [0.2, 0.25) is 0 Å². The molecule has 0 fully saturated rings. The third-order valence-electron chi connectivity index (χ3n) is 3.47. The molecular weight excluding hydrogens is 258 g/mol. The molecule has 0 N–H and O–H groups in total. The number of hydrogen-bond donors (Lipinski definition) is 1. The number of hydrogen-bond acceptors (Lipinski definition) is 4. The summed E-state index contributed by atoms with van der Waals surface area (Å²) in [5.74, 6) is 0.980. The van der Waals surface area contributed by atoms with Gasteiger partial charge in [-0.3, -0.25) is 4.79 Å². The lowest BCUT2D eigenvalue weighted by Gasteiger charge is -2.29. The van der Waals surface area contributed by atoms with Gasteiger partial charge in [-0.1, -0.05) is 38.1 Å². The minimum atomic E-state index is -0.0818. The third-order valence-corrected chi connectivity index (χ3v) is 3.91. The fraction of sp³-hybridized carbons (Fsp3) is 0.500. The maximum Gasteiger partial charge on any atom is 0.277 e. The third kappa shape index (κ3) is 2.97. The molecule has 0 bridgehead atoms. The van der Waals surface area contributed by atoms with Crippen LogP contribution in [0, 0.1) is 11.3 Å². The van der Waals surface area contributed by atoms with Crippen molar-refractivity contribution in [1.82, 2.24) is 15.0 Å². The molecule has 5 heteroatoms. The smallest absolute Gasteiger partial charge is 0.267 e. The first-order valence-corrected chi connectivity index (χ1v) is 7.00. The van der Waals surface area contributed by atoms with Gasteiger partial charge in [-0.25, -0.2) is 4.68 Å². The summed E-state index contributed by atoms with van der Waals surface area (Å²) in [6, 6.07) is 7.28. The zero-order valence-corrected chi connectivity index (χ0v) is 12.4. The van der Waals surface area contributed by atoms with E-state index < -0.39 is 0 Å². The Morgan fingerprint density at radius 2 is 2.00 bits per heavy atom. The van der Waals surface area contributed by atoms with E-state index in [0.29, 0.717) is 23.2 Å². The highest BCUT2D eigenvalue weighted by atomic mass is 32.1. The highest BCUT2D eigenvalue weighted by Gasteiger charge is 2.24. The van der Waals surface area contributed by atoms with Crippen LogP contribution in [0.1, 0.15) is 20.8 Å². The molecule has 19 heavy (non-hydrogen) atoms. The van der Waals surface area contributed by atoms with Gasteiger partial charge in [-0.15, -0.1) is 5.10 Å². The van der Waals surface area contributed by atoms with Crippen molar-refractivity contribution in [3.63, 3.8) is 0 Å². The molecule has 1 unspecified atom stereocenters. The summed E-state index contributed by atoms with van der Waals surface area (Å²) in [7, 11) is 0. The van der Waals surface area contributed by atoms with Gasteiger partial charge in [0.25, 0.3) is 5.56 Å². The van der Waals surface area contributed by atoms with Crippen LogP contribution in [-0.2, 0) is 6.54 Å². The highest BCUT2D eigenvalue weighted by molar-refractivity contribution is 7.80. The molecule has 0 saturated heterocycles. The Balaban J connectivity index is 2.41. The maximum atomic E-state index is 12.3. The second kappa shape index (κ2) is 5.33. The topological polar surface area (TPSA) is 47.8 Å². The zero-order valence-electron chi connectivity index (χ0n) is 11.5. The Bertz CT molecular complexity index is 630. The number of aromatic nitrogens is 3. The summed E-state index contributed by atoms with van der Waals surface area (Å²) >= 11 is 4.38. The van der Waals surface area contributed by atoms with E-state index >= 15 is 0 Å². The largest absolute Gasteiger partial charge is 0.277 e. The van der Waals surface area contributed by atoms with E-state index in [1.165, 1.54) is 4.68 Å². The molecule has 0 aliphatic heterocycles. The monoisotopic (exact) mass is 277 g/mol. The van der Waals surface area contributed by atoms with Gasteiger partial charge in [0, 0.05) is 0 Å². The van der Waals surface area contributed by atoms with Crippen molar-refractivity contribution >= 4 is 23.5 Å². The minimum absolute atomic E-state index is 0.0779. The van der Waals surface area contributed by atoms with Gasteiger partial charge < -0.3 is 0 Å². The van der Waals surface area contributed by atoms with Crippen molar-refractivity contribution in [2.45, 2.75) is 27.3 Å². The Hall–Kier alpha value is -1.36. The van der Waals surface area contributed by atoms with E-state index in [4.69, 9.17) is 0 Å². The van der Waals surface area contributed by atoms with Crippen LogP contribution >= 0.6 is 12.6 Å². The molecule has 1 aromatic heterocycles. The van der Waals surface area contributed by atoms with Crippen molar-refractivity contribution in [2.24, 2.45) is 11.3 Å². The first-order valence-electron chi connectivity index (χ1n) is 6.37. The fourth-order valence-corrected chi connectivity index (χ4v) is 2.62. The number of thiol groups is 1. The van der Waals surface area contributed by atoms with Crippen LogP contribution in [0.5, 0.6) is 0 Å². The average molecular weight is 277 g/mol. The molecule has 0 amide bonds. The molecule has 0 aliphatic carbocycles. The minimum Gasteiger partial charge on any atom is -0.267 e. The van der Waals surface area contributed by atoms with Crippen molar-refractivity contribution in [3.8, 4) is 0 Å². The van der Waals surface area contributed by atoms with Gasteiger partial charge in [-0.05, 0) is 29.2 Å². The fourth-order valence-electron chi connectivity index (χ4n) is 1.96. The molecule has 2 aromatic rings. The Morgan fingerprint density at radius 1 is 1.32 bits per heavy atom. The predicted molar refractivity (Wildman–Crippen MR) is 80.6 cm³/mol. The molecule has 0 spiro atoms. The van der Waals surface area contributed by atoms with E-state index in [0.717, 1.165) is 0 Å². The predicted octanol–water partition coefficient (Wildman–Crippen LogP) is 2.38.